The van der Waals surface area contributed by atoms with Gasteiger partial charge >= 0.3 is 11.9 Å². The van der Waals surface area contributed by atoms with Crippen LogP contribution >= 0.6 is 0 Å². The van der Waals surface area contributed by atoms with Crippen molar-refractivity contribution in [3.63, 3.8) is 0 Å². The van der Waals surface area contributed by atoms with Crippen LogP contribution in [0.3, 0.4) is 0 Å². The van der Waals surface area contributed by atoms with Crippen molar-refractivity contribution in [2.45, 2.75) is 11.8 Å². The Morgan fingerprint density at radius 2 is 2.13 bits per heavy atom. The fourth-order valence-corrected chi connectivity index (χ4v) is 2.21. The molecular weight excluding hydrogens is 323 g/mol. The second-order valence-corrected chi connectivity index (χ2v) is 4.94. The average Bonchev–Trinajstić information content (AvgIpc) is 2.96. The summed E-state index contributed by atoms with van der Waals surface area (Å²) in [5, 5.41) is 33.9. The molecule has 0 unspecified atom stereocenters. The lowest BCUT2D eigenvalue weighted by Gasteiger charge is -2.44. The molecule has 0 spiro atoms. The SMILES string of the molecule is O=[N+]([O-])c1cc(C(F)(F)F)cnc1N1CC(O)(c2nn[nH]n2)C1. The lowest BCUT2D eigenvalue weighted by atomic mass is 9.93. The molecule has 3 rings (SSSR count). The van der Waals surface area contributed by atoms with Crippen LogP contribution < -0.4 is 4.90 Å². The van der Waals surface area contributed by atoms with Gasteiger partial charge in [-0.2, -0.15) is 18.4 Å². The van der Waals surface area contributed by atoms with E-state index >= 15 is 0 Å². The molecule has 2 N–H and O–H groups in total. The Hall–Kier alpha value is -2.83. The summed E-state index contributed by atoms with van der Waals surface area (Å²) >= 11 is 0. The number of tetrazole rings is 1. The molecule has 0 atom stereocenters. The lowest BCUT2D eigenvalue weighted by Crippen LogP contribution is -2.60. The van der Waals surface area contributed by atoms with Crippen LogP contribution in [0.4, 0.5) is 24.7 Å². The number of H-pyrrole nitrogens is 1. The molecule has 0 radical (unpaired) electrons. The Kier molecular flexibility index (Phi) is 3.17. The van der Waals surface area contributed by atoms with Gasteiger partial charge in [0, 0.05) is 12.3 Å². The highest BCUT2D eigenvalue weighted by Crippen LogP contribution is 2.39. The van der Waals surface area contributed by atoms with E-state index < -0.39 is 28.0 Å². The molecule has 0 aliphatic carbocycles. The normalized spacial score (nSPS) is 17.0. The van der Waals surface area contributed by atoms with Crippen molar-refractivity contribution in [3.8, 4) is 0 Å². The van der Waals surface area contributed by atoms with Gasteiger partial charge < -0.3 is 10.0 Å². The Labute approximate surface area is 125 Å². The van der Waals surface area contributed by atoms with Crippen LogP contribution in [0.2, 0.25) is 0 Å². The summed E-state index contributed by atoms with van der Waals surface area (Å²) < 4.78 is 37.9. The molecule has 0 aromatic carbocycles. The number of aromatic amines is 1. The number of hydrogen-bond donors (Lipinski definition) is 2. The largest absolute Gasteiger partial charge is 0.418 e. The van der Waals surface area contributed by atoms with Gasteiger partial charge in [-0.3, -0.25) is 10.1 Å². The summed E-state index contributed by atoms with van der Waals surface area (Å²) in [5.74, 6) is -0.278. The maximum absolute atomic E-state index is 12.6. The molecule has 0 amide bonds. The quantitative estimate of drug-likeness (QED) is 0.603. The van der Waals surface area contributed by atoms with Gasteiger partial charge in [0.15, 0.2) is 5.60 Å². The van der Waals surface area contributed by atoms with E-state index in [0.29, 0.717) is 12.3 Å². The topological polar surface area (TPSA) is 134 Å². The number of nitrogens with one attached hydrogen (secondary N) is 1. The van der Waals surface area contributed by atoms with Gasteiger partial charge in [0.1, 0.15) is 0 Å². The number of hydrogen-bond acceptors (Lipinski definition) is 8. The molecule has 10 nitrogen and oxygen atoms in total. The molecule has 23 heavy (non-hydrogen) atoms. The molecule has 2 aromatic heterocycles. The van der Waals surface area contributed by atoms with Gasteiger partial charge in [-0.15, -0.1) is 10.2 Å². The number of anilines is 1. The molecule has 13 heteroatoms. The monoisotopic (exact) mass is 331 g/mol. The summed E-state index contributed by atoms with van der Waals surface area (Å²) in [4.78, 5) is 14.8. The number of halogens is 3. The Balaban J connectivity index is 1.89. The third-order valence-corrected chi connectivity index (χ3v) is 3.34. The van der Waals surface area contributed by atoms with Gasteiger partial charge in [0.25, 0.3) is 0 Å². The van der Waals surface area contributed by atoms with Crippen molar-refractivity contribution >= 4 is 11.5 Å². The number of nitro groups is 1. The predicted molar refractivity (Wildman–Crippen MR) is 66.2 cm³/mol. The van der Waals surface area contributed by atoms with E-state index in [-0.39, 0.29) is 24.7 Å². The second kappa shape index (κ2) is 4.84. The van der Waals surface area contributed by atoms with Crippen LogP contribution in [0.25, 0.3) is 0 Å². The molecule has 2 aromatic rings. The zero-order valence-electron chi connectivity index (χ0n) is 11.1. The van der Waals surface area contributed by atoms with E-state index in [0.717, 1.165) is 0 Å². The van der Waals surface area contributed by atoms with E-state index in [1.54, 1.807) is 0 Å². The number of β-amino-alcohol motifs (C(OH)–C–C–N with tert-alkyl or cyclic N) is 1. The molecule has 1 saturated heterocycles. The zero-order valence-corrected chi connectivity index (χ0v) is 11.1. The van der Waals surface area contributed by atoms with E-state index in [1.807, 2.05) is 0 Å². The van der Waals surface area contributed by atoms with Crippen LogP contribution in [0.1, 0.15) is 11.4 Å². The van der Waals surface area contributed by atoms with E-state index in [4.69, 9.17) is 0 Å². The molecule has 0 saturated carbocycles. The van der Waals surface area contributed by atoms with Crippen LogP contribution in [-0.2, 0) is 11.8 Å². The summed E-state index contributed by atoms with van der Waals surface area (Å²) in [5.41, 5.74) is -3.51. The first kappa shape index (κ1) is 15.1. The van der Waals surface area contributed by atoms with Crippen LogP contribution in [0.15, 0.2) is 12.3 Å². The number of pyridine rings is 1. The van der Waals surface area contributed by atoms with Gasteiger partial charge in [-0.1, -0.05) is 5.21 Å². The van der Waals surface area contributed by atoms with Crippen LogP contribution in [0.5, 0.6) is 0 Å². The highest BCUT2D eigenvalue weighted by molar-refractivity contribution is 5.61. The molecule has 0 bridgehead atoms. The third kappa shape index (κ3) is 2.54. The first-order valence-corrected chi connectivity index (χ1v) is 6.13. The number of nitrogens with zero attached hydrogens (tertiary/aromatic N) is 6. The second-order valence-electron chi connectivity index (χ2n) is 4.94. The predicted octanol–water partition coefficient (Wildman–Crippen LogP) is 0.229. The van der Waals surface area contributed by atoms with Gasteiger partial charge in [0.05, 0.1) is 23.6 Å². The van der Waals surface area contributed by atoms with Gasteiger partial charge in [-0.05, 0) is 0 Å². The summed E-state index contributed by atoms with van der Waals surface area (Å²) in [6, 6.07) is 0.411. The first-order chi connectivity index (χ1) is 10.7. The highest BCUT2D eigenvalue weighted by Gasteiger charge is 2.49. The van der Waals surface area contributed by atoms with Crippen molar-refractivity contribution in [1.82, 2.24) is 25.6 Å². The molecule has 1 aliphatic heterocycles. The Bertz CT molecular complexity index is 743. The molecule has 1 aliphatic rings. The van der Waals surface area contributed by atoms with Crippen LogP contribution in [0, 0.1) is 10.1 Å². The van der Waals surface area contributed by atoms with Crippen molar-refractivity contribution in [2.24, 2.45) is 0 Å². The number of alkyl halides is 3. The van der Waals surface area contributed by atoms with E-state index in [1.165, 1.54) is 4.90 Å². The fourth-order valence-electron chi connectivity index (χ4n) is 2.21. The molecule has 122 valence electrons. The minimum absolute atomic E-state index is 0.0108. The van der Waals surface area contributed by atoms with Crippen molar-refractivity contribution in [3.05, 3.63) is 33.8 Å². The maximum atomic E-state index is 12.6. The minimum atomic E-state index is -4.74. The van der Waals surface area contributed by atoms with Crippen molar-refractivity contribution < 1.29 is 23.2 Å². The van der Waals surface area contributed by atoms with Crippen LogP contribution in [-0.4, -0.2) is 48.7 Å². The maximum Gasteiger partial charge on any atom is 0.418 e. The fraction of sp³-hybridized carbons (Fsp3) is 0.400. The number of rotatable bonds is 3. The van der Waals surface area contributed by atoms with E-state index in [9.17, 15) is 28.4 Å². The van der Waals surface area contributed by atoms with Gasteiger partial charge in [0.2, 0.25) is 11.6 Å². The summed E-state index contributed by atoms with van der Waals surface area (Å²) in [7, 11) is 0. The Morgan fingerprint density at radius 1 is 1.43 bits per heavy atom. The molecule has 3 heterocycles. The zero-order chi connectivity index (χ0) is 16.8. The van der Waals surface area contributed by atoms with Crippen molar-refractivity contribution in [1.29, 1.82) is 0 Å². The standard InChI is InChI=1S/C10H8F3N7O3/c11-10(12,13)5-1-6(20(22)23)7(14-2-5)19-3-9(21,4-19)8-15-17-18-16-8/h1-2,21H,3-4H2,(H,15,16,17,18). The molecular formula is C10H8F3N7O3. The van der Waals surface area contributed by atoms with E-state index in [2.05, 4.69) is 25.6 Å². The molecule has 1 fully saturated rings. The first-order valence-electron chi connectivity index (χ1n) is 6.13. The lowest BCUT2D eigenvalue weighted by molar-refractivity contribution is -0.384. The highest BCUT2D eigenvalue weighted by atomic mass is 19.4. The number of aromatic nitrogens is 5. The number of aliphatic hydroxyl groups is 1. The third-order valence-electron chi connectivity index (χ3n) is 3.34. The smallest absolute Gasteiger partial charge is 0.378 e. The van der Waals surface area contributed by atoms with Gasteiger partial charge in [-0.25, -0.2) is 4.98 Å². The summed E-state index contributed by atoms with van der Waals surface area (Å²) in [6.45, 7) is -0.322. The minimum Gasteiger partial charge on any atom is -0.378 e. The Morgan fingerprint density at radius 3 is 2.65 bits per heavy atom. The average molecular weight is 331 g/mol. The van der Waals surface area contributed by atoms with Crippen molar-refractivity contribution in [2.75, 3.05) is 18.0 Å². The summed E-state index contributed by atoms with van der Waals surface area (Å²) in [6.07, 6.45) is -4.23.